The maximum Gasteiger partial charge on any atom is 0.360 e. The van der Waals surface area contributed by atoms with Crippen LogP contribution in [0.5, 0.6) is 0 Å². The normalized spacial score (nSPS) is 12.4. The van der Waals surface area contributed by atoms with Gasteiger partial charge in [0.25, 0.3) is 0 Å². The molecule has 2 aromatic heterocycles. The van der Waals surface area contributed by atoms with Crippen LogP contribution in [0.15, 0.2) is 11.7 Å². The minimum absolute atomic E-state index is 0.0605. The van der Waals surface area contributed by atoms with Crippen LogP contribution in [-0.4, -0.2) is 27.6 Å². The fraction of sp³-hybridized carbons (Fsp3) is 0.364. The zero-order valence-electron chi connectivity index (χ0n) is 10.4. The molecule has 0 aromatic carbocycles. The monoisotopic (exact) mass is 266 g/mol. The van der Waals surface area contributed by atoms with Gasteiger partial charge in [-0.15, -0.1) is 11.3 Å². The molecule has 6 nitrogen and oxygen atoms in total. The largest absolute Gasteiger partial charge is 0.464 e. The van der Waals surface area contributed by atoms with Gasteiger partial charge in [-0.1, -0.05) is 0 Å². The van der Waals surface area contributed by atoms with Crippen molar-refractivity contribution in [3.05, 3.63) is 28.1 Å². The van der Waals surface area contributed by atoms with Crippen LogP contribution in [0.1, 0.15) is 34.2 Å². The Labute approximate surface area is 108 Å². The van der Waals surface area contributed by atoms with Crippen LogP contribution in [0.4, 0.5) is 5.82 Å². The summed E-state index contributed by atoms with van der Waals surface area (Å²) < 4.78 is 6.33. The van der Waals surface area contributed by atoms with Crippen LogP contribution in [-0.2, 0) is 4.74 Å². The van der Waals surface area contributed by atoms with Crippen molar-refractivity contribution in [2.75, 3.05) is 12.8 Å². The third-order valence-electron chi connectivity index (χ3n) is 2.62. The van der Waals surface area contributed by atoms with Crippen molar-refractivity contribution in [2.45, 2.75) is 19.9 Å². The summed E-state index contributed by atoms with van der Waals surface area (Å²) >= 11 is 1.55. The second kappa shape index (κ2) is 4.77. The molecule has 0 bridgehead atoms. The standard InChI is InChI=1S/C11H14N4O2S/c1-6-4-18-10(14-6)7(2)15-5-13-8(9(15)12)11(16)17-3/h4-5,7H,12H2,1-3H3. The average molecular weight is 266 g/mol. The number of anilines is 1. The Bertz CT molecular complexity index is 575. The SMILES string of the molecule is COC(=O)c1ncn(C(C)c2nc(C)cs2)c1N. The fourth-order valence-corrected chi connectivity index (χ4v) is 2.47. The fourth-order valence-electron chi connectivity index (χ4n) is 1.62. The number of carbonyl (C=O) groups excluding carboxylic acids is 1. The number of ether oxygens (including phenoxy) is 1. The number of nitrogens with zero attached hydrogens (tertiary/aromatic N) is 3. The van der Waals surface area contributed by atoms with E-state index in [1.165, 1.54) is 13.4 Å². The molecule has 7 heteroatoms. The zero-order valence-corrected chi connectivity index (χ0v) is 11.2. The van der Waals surface area contributed by atoms with Crippen LogP contribution in [0.25, 0.3) is 0 Å². The van der Waals surface area contributed by atoms with E-state index in [-0.39, 0.29) is 11.7 Å². The summed E-state index contributed by atoms with van der Waals surface area (Å²) in [6.45, 7) is 3.89. The number of nitrogens with two attached hydrogens (primary N) is 1. The maximum atomic E-state index is 11.4. The molecule has 0 saturated heterocycles. The third kappa shape index (κ3) is 2.08. The first kappa shape index (κ1) is 12.6. The summed E-state index contributed by atoms with van der Waals surface area (Å²) in [5.74, 6) is -0.240. The smallest absolute Gasteiger partial charge is 0.360 e. The van der Waals surface area contributed by atoms with Crippen molar-refractivity contribution >= 4 is 23.1 Å². The summed E-state index contributed by atoms with van der Waals surface area (Å²) in [7, 11) is 1.30. The number of nitrogen functional groups attached to an aromatic ring is 1. The second-order valence-corrected chi connectivity index (χ2v) is 4.77. The van der Waals surface area contributed by atoms with Crippen molar-refractivity contribution < 1.29 is 9.53 Å². The Hall–Kier alpha value is -1.89. The molecule has 0 saturated carbocycles. The quantitative estimate of drug-likeness (QED) is 0.854. The molecule has 0 amide bonds. The van der Waals surface area contributed by atoms with Gasteiger partial charge in [0.1, 0.15) is 10.8 Å². The van der Waals surface area contributed by atoms with Crippen molar-refractivity contribution in [1.82, 2.24) is 14.5 Å². The number of aromatic nitrogens is 3. The van der Waals surface area contributed by atoms with E-state index in [0.717, 1.165) is 10.7 Å². The summed E-state index contributed by atoms with van der Waals surface area (Å²) in [6.07, 6.45) is 1.53. The molecule has 0 aliphatic rings. The summed E-state index contributed by atoms with van der Waals surface area (Å²) in [4.78, 5) is 19.8. The highest BCUT2D eigenvalue weighted by atomic mass is 32.1. The number of hydrogen-bond donors (Lipinski definition) is 1. The molecule has 2 heterocycles. The number of imidazole rings is 1. The van der Waals surface area contributed by atoms with E-state index >= 15 is 0 Å². The van der Waals surface area contributed by atoms with Crippen LogP contribution in [0.3, 0.4) is 0 Å². The molecular formula is C11H14N4O2S. The topological polar surface area (TPSA) is 83.0 Å². The summed E-state index contributed by atoms with van der Waals surface area (Å²) in [6, 6.07) is -0.0605. The van der Waals surface area contributed by atoms with E-state index in [1.54, 1.807) is 15.9 Å². The van der Waals surface area contributed by atoms with Crippen molar-refractivity contribution in [3.8, 4) is 0 Å². The van der Waals surface area contributed by atoms with Gasteiger partial charge < -0.3 is 15.0 Å². The molecule has 2 aromatic rings. The van der Waals surface area contributed by atoms with Gasteiger partial charge in [0.15, 0.2) is 5.69 Å². The molecule has 0 spiro atoms. The molecular weight excluding hydrogens is 252 g/mol. The lowest BCUT2D eigenvalue weighted by molar-refractivity contribution is 0.0596. The van der Waals surface area contributed by atoms with E-state index < -0.39 is 5.97 Å². The van der Waals surface area contributed by atoms with Gasteiger partial charge in [-0.05, 0) is 13.8 Å². The number of rotatable bonds is 3. The molecule has 0 radical (unpaired) electrons. The van der Waals surface area contributed by atoms with Gasteiger partial charge >= 0.3 is 5.97 Å². The Morgan fingerprint density at radius 1 is 1.61 bits per heavy atom. The molecule has 0 fully saturated rings. The van der Waals surface area contributed by atoms with Gasteiger partial charge in [-0.25, -0.2) is 14.8 Å². The number of esters is 1. The molecule has 0 aliphatic carbocycles. The highest BCUT2D eigenvalue weighted by Crippen LogP contribution is 2.25. The predicted molar refractivity (Wildman–Crippen MR) is 68.6 cm³/mol. The van der Waals surface area contributed by atoms with Gasteiger partial charge in [0.05, 0.1) is 19.5 Å². The molecule has 0 aliphatic heterocycles. The van der Waals surface area contributed by atoms with Crippen molar-refractivity contribution in [1.29, 1.82) is 0 Å². The number of methoxy groups -OCH3 is 1. The third-order valence-corrected chi connectivity index (χ3v) is 3.76. The lowest BCUT2D eigenvalue weighted by atomic mass is 10.3. The second-order valence-electron chi connectivity index (χ2n) is 3.88. The predicted octanol–water partition coefficient (Wildman–Crippen LogP) is 1.63. The molecule has 18 heavy (non-hydrogen) atoms. The first-order valence-electron chi connectivity index (χ1n) is 5.37. The number of carbonyl (C=O) groups is 1. The van der Waals surface area contributed by atoms with Crippen LogP contribution >= 0.6 is 11.3 Å². The maximum absolute atomic E-state index is 11.4. The Morgan fingerprint density at radius 2 is 2.33 bits per heavy atom. The van der Waals surface area contributed by atoms with E-state index in [1.807, 2.05) is 19.2 Å². The lowest BCUT2D eigenvalue weighted by Crippen LogP contribution is -2.11. The van der Waals surface area contributed by atoms with Crippen LogP contribution < -0.4 is 5.73 Å². The first-order valence-corrected chi connectivity index (χ1v) is 6.25. The number of hydrogen-bond acceptors (Lipinski definition) is 6. The number of thiazole rings is 1. The van der Waals surface area contributed by atoms with Gasteiger partial charge in [-0.2, -0.15) is 0 Å². The minimum Gasteiger partial charge on any atom is -0.464 e. The Morgan fingerprint density at radius 3 is 2.89 bits per heavy atom. The minimum atomic E-state index is -0.534. The van der Waals surface area contributed by atoms with Gasteiger partial charge in [-0.3, -0.25) is 0 Å². The van der Waals surface area contributed by atoms with Gasteiger partial charge in [0, 0.05) is 11.1 Å². The van der Waals surface area contributed by atoms with E-state index in [4.69, 9.17) is 5.73 Å². The molecule has 2 N–H and O–H groups in total. The van der Waals surface area contributed by atoms with E-state index in [2.05, 4.69) is 14.7 Å². The Balaban J connectivity index is 2.34. The van der Waals surface area contributed by atoms with Crippen molar-refractivity contribution in [2.24, 2.45) is 0 Å². The van der Waals surface area contributed by atoms with Gasteiger partial charge in [0.2, 0.25) is 0 Å². The first-order chi connectivity index (χ1) is 8.54. The lowest BCUT2D eigenvalue weighted by Gasteiger charge is -2.12. The average Bonchev–Trinajstić information content (AvgIpc) is 2.94. The van der Waals surface area contributed by atoms with Crippen LogP contribution in [0, 0.1) is 6.92 Å². The van der Waals surface area contributed by atoms with E-state index in [9.17, 15) is 4.79 Å². The van der Waals surface area contributed by atoms with E-state index in [0.29, 0.717) is 5.82 Å². The number of aryl methyl sites for hydroxylation is 1. The zero-order chi connectivity index (χ0) is 13.3. The molecule has 1 atom stereocenters. The molecule has 96 valence electrons. The highest BCUT2D eigenvalue weighted by Gasteiger charge is 2.20. The van der Waals surface area contributed by atoms with Crippen molar-refractivity contribution in [3.63, 3.8) is 0 Å². The summed E-state index contributed by atoms with van der Waals surface area (Å²) in [5.41, 5.74) is 7.00. The summed E-state index contributed by atoms with van der Waals surface area (Å²) in [5, 5.41) is 2.90. The molecule has 1 unspecified atom stereocenters. The Kier molecular flexibility index (Phi) is 3.33. The molecule has 2 rings (SSSR count). The highest BCUT2D eigenvalue weighted by molar-refractivity contribution is 7.09. The van der Waals surface area contributed by atoms with Crippen LogP contribution in [0.2, 0.25) is 0 Å².